The molecule has 2 N–H and O–H groups in total. The van der Waals surface area contributed by atoms with E-state index in [-0.39, 0.29) is 22.5 Å². The fraction of sp³-hybridized carbons (Fsp3) is 0.200. The monoisotopic (exact) mass is 391 g/mol. The van der Waals surface area contributed by atoms with Crippen LogP contribution in [0.4, 0.5) is 8.78 Å². The van der Waals surface area contributed by atoms with Crippen LogP contribution < -0.4 is 5.73 Å². The first kappa shape index (κ1) is 16.7. The fourth-order valence-corrected chi connectivity index (χ4v) is 3.37. The summed E-state index contributed by atoms with van der Waals surface area (Å²) in [7, 11) is 0. The van der Waals surface area contributed by atoms with Crippen LogP contribution in [0.1, 0.15) is 5.56 Å². The summed E-state index contributed by atoms with van der Waals surface area (Å²) in [5, 5.41) is 0.651. The van der Waals surface area contributed by atoms with Crippen molar-refractivity contribution in [2.75, 3.05) is 5.75 Å². The number of benzene rings is 2. The minimum atomic E-state index is -0.585. The van der Waals surface area contributed by atoms with E-state index in [4.69, 9.17) is 17.3 Å². The first-order valence-electron chi connectivity index (χ1n) is 6.23. The lowest BCUT2D eigenvalue weighted by molar-refractivity contribution is 0.539. The Kier molecular flexibility index (Phi) is 6.05. The molecule has 0 amide bonds. The third kappa shape index (κ3) is 4.68. The van der Waals surface area contributed by atoms with E-state index in [1.165, 1.54) is 23.9 Å². The third-order valence-electron chi connectivity index (χ3n) is 2.87. The Labute approximate surface area is 140 Å². The molecule has 6 heteroatoms. The molecule has 0 spiro atoms. The quantitative estimate of drug-likeness (QED) is 0.569. The fourth-order valence-electron chi connectivity index (χ4n) is 1.84. The molecule has 0 heterocycles. The van der Waals surface area contributed by atoms with Crippen LogP contribution in [0, 0.1) is 11.6 Å². The second-order valence-electron chi connectivity index (χ2n) is 4.55. The molecule has 0 aliphatic heterocycles. The van der Waals surface area contributed by atoms with Gasteiger partial charge in [-0.05, 0) is 52.7 Å². The van der Waals surface area contributed by atoms with Gasteiger partial charge in [0.1, 0.15) is 11.6 Å². The molecule has 112 valence electrons. The number of hydrogen-bond donors (Lipinski definition) is 1. The maximum atomic E-state index is 13.9. The van der Waals surface area contributed by atoms with Gasteiger partial charge < -0.3 is 5.73 Å². The van der Waals surface area contributed by atoms with Gasteiger partial charge in [-0.25, -0.2) is 8.78 Å². The maximum absolute atomic E-state index is 13.9. The average Bonchev–Trinajstić information content (AvgIpc) is 2.46. The summed E-state index contributed by atoms with van der Waals surface area (Å²) >= 11 is 10.5. The van der Waals surface area contributed by atoms with Crippen molar-refractivity contribution in [3.63, 3.8) is 0 Å². The molecule has 0 bridgehead atoms. The molecular weight excluding hydrogens is 380 g/mol. The van der Waals surface area contributed by atoms with Gasteiger partial charge in [0.25, 0.3) is 0 Å². The lowest BCUT2D eigenvalue weighted by atomic mass is 10.1. The van der Waals surface area contributed by atoms with E-state index in [0.29, 0.717) is 10.8 Å². The Bertz CT molecular complexity index is 639. The molecule has 0 aromatic heterocycles. The maximum Gasteiger partial charge on any atom is 0.143 e. The van der Waals surface area contributed by atoms with Crippen LogP contribution in [0.25, 0.3) is 0 Å². The average molecular weight is 393 g/mol. The van der Waals surface area contributed by atoms with Crippen molar-refractivity contribution in [1.29, 1.82) is 0 Å². The molecule has 2 aromatic rings. The van der Waals surface area contributed by atoms with E-state index < -0.39 is 11.6 Å². The largest absolute Gasteiger partial charge is 0.327 e. The van der Waals surface area contributed by atoms with Gasteiger partial charge in [-0.2, -0.15) is 0 Å². The summed E-state index contributed by atoms with van der Waals surface area (Å²) in [6.45, 7) is 0. The van der Waals surface area contributed by atoms with Crippen molar-refractivity contribution in [3.05, 3.63) is 63.1 Å². The van der Waals surface area contributed by atoms with Crippen LogP contribution in [0.5, 0.6) is 0 Å². The summed E-state index contributed by atoms with van der Waals surface area (Å²) in [4.78, 5) is 0.980. The number of halogens is 4. The van der Waals surface area contributed by atoms with E-state index in [1.807, 2.05) is 18.2 Å². The summed E-state index contributed by atoms with van der Waals surface area (Å²) in [5.41, 5.74) is 5.99. The Morgan fingerprint density at radius 2 is 2.00 bits per heavy atom. The van der Waals surface area contributed by atoms with Crippen molar-refractivity contribution in [2.45, 2.75) is 17.4 Å². The van der Waals surface area contributed by atoms with Gasteiger partial charge in [-0.15, -0.1) is 11.8 Å². The van der Waals surface area contributed by atoms with E-state index >= 15 is 0 Å². The van der Waals surface area contributed by atoms with Crippen molar-refractivity contribution < 1.29 is 8.78 Å². The Morgan fingerprint density at radius 3 is 2.71 bits per heavy atom. The molecule has 1 unspecified atom stereocenters. The molecule has 1 atom stereocenters. The highest BCUT2D eigenvalue weighted by atomic mass is 79.9. The zero-order chi connectivity index (χ0) is 15.4. The molecule has 1 nitrogen and oxygen atoms in total. The predicted molar refractivity (Wildman–Crippen MR) is 87.9 cm³/mol. The second-order valence-corrected chi connectivity index (χ2v) is 6.94. The number of hydrogen-bond acceptors (Lipinski definition) is 2. The smallest absolute Gasteiger partial charge is 0.143 e. The Morgan fingerprint density at radius 1 is 1.24 bits per heavy atom. The SMILES string of the molecule is NC(CSc1cccc(Cl)c1)Cc1c(F)ccc(Br)c1F. The van der Waals surface area contributed by atoms with E-state index in [0.717, 1.165) is 4.90 Å². The highest BCUT2D eigenvalue weighted by Crippen LogP contribution is 2.25. The van der Waals surface area contributed by atoms with Gasteiger partial charge in [0.05, 0.1) is 4.47 Å². The third-order valence-corrected chi connectivity index (χ3v) is 4.90. The number of rotatable bonds is 5. The number of nitrogens with two attached hydrogens (primary N) is 1. The molecule has 21 heavy (non-hydrogen) atoms. The molecular formula is C15H13BrClF2NS. The molecule has 0 fully saturated rings. The van der Waals surface area contributed by atoms with E-state index in [1.54, 1.807) is 6.07 Å². The Hall–Kier alpha value is -0.620. The van der Waals surface area contributed by atoms with Crippen molar-refractivity contribution >= 4 is 39.3 Å². The molecule has 0 aliphatic carbocycles. The number of thioether (sulfide) groups is 1. The molecule has 2 aromatic carbocycles. The lowest BCUT2D eigenvalue weighted by Crippen LogP contribution is -2.26. The molecule has 0 radical (unpaired) electrons. The highest BCUT2D eigenvalue weighted by Gasteiger charge is 2.15. The molecule has 0 saturated carbocycles. The van der Waals surface area contributed by atoms with Crippen molar-refractivity contribution in [3.8, 4) is 0 Å². The normalized spacial score (nSPS) is 12.4. The van der Waals surface area contributed by atoms with Gasteiger partial charge in [0.2, 0.25) is 0 Å². The van der Waals surface area contributed by atoms with Gasteiger partial charge in [0.15, 0.2) is 0 Å². The van der Waals surface area contributed by atoms with Gasteiger partial charge in [0, 0.05) is 27.3 Å². The Balaban J connectivity index is 1.99. The summed E-state index contributed by atoms with van der Waals surface area (Å²) in [6, 6.07) is 9.62. The zero-order valence-corrected chi connectivity index (χ0v) is 14.1. The van der Waals surface area contributed by atoms with Crippen LogP contribution in [0.3, 0.4) is 0 Å². The first-order valence-corrected chi connectivity index (χ1v) is 8.39. The highest BCUT2D eigenvalue weighted by molar-refractivity contribution is 9.10. The van der Waals surface area contributed by atoms with Crippen LogP contribution >= 0.6 is 39.3 Å². The van der Waals surface area contributed by atoms with Crippen LogP contribution in [0.15, 0.2) is 45.8 Å². The van der Waals surface area contributed by atoms with Crippen LogP contribution in [0.2, 0.25) is 5.02 Å². The van der Waals surface area contributed by atoms with Crippen LogP contribution in [-0.2, 0) is 6.42 Å². The molecule has 0 aliphatic rings. The zero-order valence-electron chi connectivity index (χ0n) is 11.0. The van der Waals surface area contributed by atoms with Gasteiger partial charge in [-0.1, -0.05) is 17.7 Å². The minimum Gasteiger partial charge on any atom is -0.327 e. The van der Waals surface area contributed by atoms with Crippen molar-refractivity contribution in [2.24, 2.45) is 5.73 Å². The molecule has 2 rings (SSSR count). The first-order chi connectivity index (χ1) is 9.97. The summed E-state index contributed by atoms with van der Waals surface area (Å²) in [5.74, 6) is -0.608. The van der Waals surface area contributed by atoms with E-state index in [9.17, 15) is 8.78 Å². The van der Waals surface area contributed by atoms with Gasteiger partial charge in [-0.3, -0.25) is 0 Å². The standard InChI is InChI=1S/C15H13BrClF2NS/c16-13-4-5-14(18)12(15(13)19)7-10(20)8-21-11-3-1-2-9(17)6-11/h1-6,10H,7-8,20H2. The molecule has 0 saturated heterocycles. The summed E-state index contributed by atoms with van der Waals surface area (Å²) in [6.07, 6.45) is 0.144. The summed E-state index contributed by atoms with van der Waals surface area (Å²) < 4.78 is 27.8. The lowest BCUT2D eigenvalue weighted by Gasteiger charge is -2.13. The minimum absolute atomic E-state index is 0.0172. The topological polar surface area (TPSA) is 26.0 Å². The van der Waals surface area contributed by atoms with Crippen molar-refractivity contribution in [1.82, 2.24) is 0 Å². The second kappa shape index (κ2) is 7.58. The van der Waals surface area contributed by atoms with Crippen LogP contribution in [-0.4, -0.2) is 11.8 Å². The van der Waals surface area contributed by atoms with E-state index in [2.05, 4.69) is 15.9 Å². The van der Waals surface area contributed by atoms with Gasteiger partial charge >= 0.3 is 0 Å². The predicted octanol–water partition coefficient (Wildman–Crippen LogP) is 5.04.